The molecule has 2 aromatic rings. The molecule has 7 heteroatoms. The van der Waals surface area contributed by atoms with Gasteiger partial charge in [-0.2, -0.15) is 0 Å². The predicted molar refractivity (Wildman–Crippen MR) is 132 cm³/mol. The van der Waals surface area contributed by atoms with Crippen molar-refractivity contribution >= 4 is 23.5 Å². The highest BCUT2D eigenvalue weighted by molar-refractivity contribution is 6.30. The molecular formula is C26H34ClN5O. The first-order chi connectivity index (χ1) is 15.9. The summed E-state index contributed by atoms with van der Waals surface area (Å²) in [5.74, 6) is 0.522. The minimum atomic E-state index is -0.309. The number of nitrogen functional groups attached to an aromatic ring is 1. The first-order valence-electron chi connectivity index (χ1n) is 12.4. The van der Waals surface area contributed by atoms with Gasteiger partial charge >= 0.3 is 0 Å². The monoisotopic (exact) mass is 467 g/mol. The van der Waals surface area contributed by atoms with E-state index >= 15 is 0 Å². The maximum atomic E-state index is 13.9. The number of rotatable bonds is 4. The summed E-state index contributed by atoms with van der Waals surface area (Å²) in [6.07, 6.45) is 10.9. The smallest absolute Gasteiger partial charge is 0.229 e. The highest BCUT2D eigenvalue weighted by Gasteiger charge is 2.44. The minimum absolute atomic E-state index is 0.0711. The molecule has 5 rings (SSSR count). The second-order valence-electron chi connectivity index (χ2n) is 10.2. The van der Waals surface area contributed by atoms with Crippen molar-refractivity contribution in [3.05, 3.63) is 41.2 Å². The van der Waals surface area contributed by atoms with E-state index in [9.17, 15) is 4.79 Å². The molecule has 2 N–H and O–H groups in total. The van der Waals surface area contributed by atoms with E-state index < -0.39 is 0 Å². The van der Waals surface area contributed by atoms with Crippen molar-refractivity contribution in [1.29, 1.82) is 0 Å². The number of likely N-dealkylation sites (tertiary alicyclic amines) is 2. The number of carbonyl (C=O) groups is 1. The number of halogens is 1. The SMILES string of the molecule is CC1(C(=O)N2CCCC2c2nc(N)ncc2-c2ccc(Cl)cc2)CCN(C2CCCC2)CC1. The van der Waals surface area contributed by atoms with Crippen LogP contribution < -0.4 is 5.73 Å². The number of hydrogen-bond acceptors (Lipinski definition) is 5. The Bertz CT molecular complexity index is 996. The van der Waals surface area contributed by atoms with Crippen LogP contribution in [0.15, 0.2) is 30.5 Å². The maximum absolute atomic E-state index is 13.9. The Balaban J connectivity index is 1.38. The molecule has 0 bridgehead atoms. The number of nitrogens with two attached hydrogens (primary N) is 1. The molecule has 1 saturated carbocycles. The molecule has 1 amide bonds. The molecule has 3 heterocycles. The summed E-state index contributed by atoms with van der Waals surface area (Å²) >= 11 is 6.10. The lowest BCUT2D eigenvalue weighted by atomic mass is 9.78. The summed E-state index contributed by atoms with van der Waals surface area (Å²) in [5, 5.41) is 0.686. The summed E-state index contributed by atoms with van der Waals surface area (Å²) in [5.41, 5.74) is 8.46. The van der Waals surface area contributed by atoms with E-state index in [1.54, 1.807) is 6.20 Å². The molecule has 3 aliphatic rings. The van der Waals surface area contributed by atoms with Crippen LogP contribution in [0.2, 0.25) is 5.02 Å². The Morgan fingerprint density at radius 2 is 1.76 bits per heavy atom. The summed E-state index contributed by atoms with van der Waals surface area (Å²) in [6, 6.07) is 8.35. The molecule has 33 heavy (non-hydrogen) atoms. The lowest BCUT2D eigenvalue weighted by Gasteiger charge is -2.43. The van der Waals surface area contributed by atoms with E-state index in [4.69, 9.17) is 17.3 Å². The van der Waals surface area contributed by atoms with Gasteiger partial charge in [-0.15, -0.1) is 0 Å². The second-order valence-corrected chi connectivity index (χ2v) is 10.7. The topological polar surface area (TPSA) is 75.3 Å². The molecule has 2 aliphatic heterocycles. The first kappa shape index (κ1) is 22.6. The number of carbonyl (C=O) groups excluding carboxylic acids is 1. The van der Waals surface area contributed by atoms with Crippen molar-refractivity contribution in [2.75, 3.05) is 25.4 Å². The Labute approximate surface area is 201 Å². The second kappa shape index (κ2) is 9.22. The number of benzene rings is 1. The molecule has 2 saturated heterocycles. The largest absolute Gasteiger partial charge is 0.368 e. The zero-order valence-corrected chi connectivity index (χ0v) is 20.2. The van der Waals surface area contributed by atoms with Crippen molar-refractivity contribution < 1.29 is 4.79 Å². The quantitative estimate of drug-likeness (QED) is 0.677. The standard InChI is InChI=1S/C26H34ClN5O/c1-26(12-15-31(16-13-26)20-5-2-3-6-20)24(33)32-14-4-7-22(32)23-21(17-29-25(28)30-23)18-8-10-19(27)11-9-18/h8-11,17,20,22H,2-7,12-16H2,1H3,(H2,28,29,30). The molecule has 0 radical (unpaired) electrons. The van der Waals surface area contributed by atoms with E-state index in [0.717, 1.165) is 68.2 Å². The van der Waals surface area contributed by atoms with Crippen molar-refractivity contribution in [3.63, 3.8) is 0 Å². The van der Waals surface area contributed by atoms with Gasteiger partial charge in [0.25, 0.3) is 0 Å². The van der Waals surface area contributed by atoms with Crippen LogP contribution in [0, 0.1) is 5.41 Å². The van der Waals surface area contributed by atoms with E-state index in [2.05, 4.69) is 26.7 Å². The third kappa shape index (κ3) is 4.47. The van der Waals surface area contributed by atoms with E-state index in [1.165, 1.54) is 25.7 Å². The molecule has 6 nitrogen and oxygen atoms in total. The van der Waals surface area contributed by atoms with Crippen molar-refractivity contribution in [2.24, 2.45) is 5.41 Å². The van der Waals surface area contributed by atoms with Crippen LogP contribution in [0.1, 0.15) is 70.0 Å². The van der Waals surface area contributed by atoms with Crippen LogP contribution in [0.25, 0.3) is 11.1 Å². The van der Waals surface area contributed by atoms with E-state index in [1.807, 2.05) is 24.3 Å². The predicted octanol–water partition coefficient (Wildman–Crippen LogP) is 5.09. The van der Waals surface area contributed by atoms with Gasteiger partial charge in [-0.1, -0.05) is 43.5 Å². The number of aromatic nitrogens is 2. The van der Waals surface area contributed by atoms with Gasteiger partial charge in [-0.25, -0.2) is 9.97 Å². The number of piperidine rings is 1. The molecule has 0 spiro atoms. The van der Waals surface area contributed by atoms with Crippen LogP contribution in [-0.4, -0.2) is 51.4 Å². The van der Waals surface area contributed by atoms with Gasteiger partial charge in [-0.05, 0) is 69.3 Å². The Kier molecular flexibility index (Phi) is 6.32. The van der Waals surface area contributed by atoms with Crippen LogP contribution in [0.3, 0.4) is 0 Å². The van der Waals surface area contributed by atoms with Crippen LogP contribution in [0.4, 0.5) is 5.95 Å². The average Bonchev–Trinajstić information content (AvgIpc) is 3.52. The fraction of sp³-hybridized carbons (Fsp3) is 0.577. The number of nitrogens with zero attached hydrogens (tertiary/aromatic N) is 4. The fourth-order valence-electron chi connectivity index (χ4n) is 6.02. The molecular weight excluding hydrogens is 434 g/mol. The van der Waals surface area contributed by atoms with Crippen LogP contribution in [-0.2, 0) is 4.79 Å². The van der Waals surface area contributed by atoms with Gasteiger partial charge in [-0.3, -0.25) is 4.79 Å². The zero-order valence-electron chi connectivity index (χ0n) is 19.5. The summed E-state index contributed by atoms with van der Waals surface area (Å²) in [4.78, 5) is 27.5. The summed E-state index contributed by atoms with van der Waals surface area (Å²) in [7, 11) is 0. The molecule has 3 fully saturated rings. The van der Waals surface area contributed by atoms with Gasteiger partial charge in [0.2, 0.25) is 11.9 Å². The third-order valence-corrected chi connectivity index (χ3v) is 8.33. The Morgan fingerprint density at radius 1 is 1.06 bits per heavy atom. The van der Waals surface area contributed by atoms with Gasteiger partial charge < -0.3 is 15.5 Å². The molecule has 1 aromatic heterocycles. The van der Waals surface area contributed by atoms with Crippen LogP contribution >= 0.6 is 11.6 Å². The third-order valence-electron chi connectivity index (χ3n) is 8.08. The molecule has 1 unspecified atom stereocenters. The van der Waals surface area contributed by atoms with Gasteiger partial charge in [0.15, 0.2) is 0 Å². The lowest BCUT2D eigenvalue weighted by Crippen LogP contribution is -2.50. The summed E-state index contributed by atoms with van der Waals surface area (Å²) < 4.78 is 0. The lowest BCUT2D eigenvalue weighted by molar-refractivity contribution is -0.145. The van der Waals surface area contributed by atoms with Gasteiger partial charge in [0.05, 0.1) is 11.7 Å². The Hall–Kier alpha value is -2.18. The van der Waals surface area contributed by atoms with Crippen LogP contribution in [0.5, 0.6) is 0 Å². The zero-order chi connectivity index (χ0) is 23.0. The number of amides is 1. The van der Waals surface area contributed by atoms with Crippen molar-refractivity contribution in [3.8, 4) is 11.1 Å². The molecule has 1 aliphatic carbocycles. The molecule has 1 aromatic carbocycles. The highest BCUT2D eigenvalue weighted by atomic mass is 35.5. The van der Waals surface area contributed by atoms with E-state index in [0.29, 0.717) is 5.02 Å². The number of hydrogen-bond donors (Lipinski definition) is 1. The Morgan fingerprint density at radius 3 is 2.45 bits per heavy atom. The van der Waals surface area contributed by atoms with Gasteiger partial charge in [0, 0.05) is 34.8 Å². The van der Waals surface area contributed by atoms with Crippen molar-refractivity contribution in [2.45, 2.75) is 70.4 Å². The molecule has 176 valence electrons. The summed E-state index contributed by atoms with van der Waals surface area (Å²) in [6.45, 7) is 5.00. The van der Waals surface area contributed by atoms with E-state index in [-0.39, 0.29) is 23.3 Å². The molecule has 1 atom stereocenters. The normalized spacial score (nSPS) is 23.8. The number of anilines is 1. The fourth-order valence-corrected chi connectivity index (χ4v) is 6.15. The highest BCUT2D eigenvalue weighted by Crippen LogP contribution is 2.42. The van der Waals surface area contributed by atoms with Crippen molar-refractivity contribution in [1.82, 2.24) is 19.8 Å². The van der Waals surface area contributed by atoms with Gasteiger partial charge in [0.1, 0.15) is 0 Å². The first-order valence-corrected chi connectivity index (χ1v) is 12.8. The maximum Gasteiger partial charge on any atom is 0.229 e. The average molecular weight is 468 g/mol. The minimum Gasteiger partial charge on any atom is -0.368 e.